The van der Waals surface area contributed by atoms with Crippen molar-refractivity contribution in [2.24, 2.45) is 0 Å². The van der Waals surface area contributed by atoms with Crippen molar-refractivity contribution in [3.05, 3.63) is 34.4 Å². The molecule has 1 amide bonds. The highest BCUT2D eigenvalue weighted by molar-refractivity contribution is 8.00. The number of benzene rings is 1. The molecule has 7 heteroatoms. The first-order valence-electron chi connectivity index (χ1n) is 6.90. The van der Waals surface area contributed by atoms with E-state index in [0.717, 1.165) is 24.5 Å². The Morgan fingerprint density at radius 1 is 1.48 bits per heavy atom. The van der Waals surface area contributed by atoms with Crippen molar-refractivity contribution in [3.8, 4) is 0 Å². The molecule has 114 valence electrons. The second kappa shape index (κ2) is 6.91. The number of nitro benzene ring substituents is 1. The molecule has 0 bridgehead atoms. The van der Waals surface area contributed by atoms with Gasteiger partial charge in [-0.15, -0.1) is 11.8 Å². The first kappa shape index (κ1) is 15.8. The molecule has 0 aliphatic carbocycles. The third-order valence-electron chi connectivity index (χ3n) is 3.39. The molecule has 2 atom stereocenters. The average molecular weight is 309 g/mol. The number of carbonyl (C=O) groups excluding carboxylic acids is 1. The molecule has 1 aromatic rings. The first-order valence-corrected chi connectivity index (χ1v) is 7.78. The van der Waals surface area contributed by atoms with Gasteiger partial charge in [-0.1, -0.05) is 0 Å². The lowest BCUT2D eigenvalue weighted by Gasteiger charge is -2.33. The van der Waals surface area contributed by atoms with Crippen LogP contribution in [0.15, 0.2) is 29.2 Å². The fourth-order valence-electron chi connectivity index (χ4n) is 2.29. The number of hydrogen-bond donors (Lipinski definition) is 1. The molecule has 1 N–H and O–H groups in total. The van der Waals surface area contributed by atoms with Crippen LogP contribution >= 0.6 is 11.8 Å². The van der Waals surface area contributed by atoms with Gasteiger partial charge in [0, 0.05) is 42.7 Å². The van der Waals surface area contributed by atoms with Gasteiger partial charge in [0.05, 0.1) is 10.2 Å². The standard InChI is InChI=1S/C14H19N3O3S/c1-10-9-16(8-7-15-10)14(18)11(2)21-13-5-3-12(4-6-13)17(19)20/h3-6,10-11,15H,7-9H2,1-2H3. The summed E-state index contributed by atoms with van der Waals surface area (Å²) in [5, 5.41) is 13.7. The molecule has 1 aliphatic heterocycles. The highest BCUT2D eigenvalue weighted by atomic mass is 32.2. The third-order valence-corrected chi connectivity index (χ3v) is 4.49. The van der Waals surface area contributed by atoms with E-state index >= 15 is 0 Å². The number of non-ortho nitro benzene ring substituents is 1. The Hall–Kier alpha value is -1.60. The molecule has 1 saturated heterocycles. The maximum Gasteiger partial charge on any atom is 0.269 e. The lowest BCUT2D eigenvalue weighted by Crippen LogP contribution is -2.53. The molecule has 6 nitrogen and oxygen atoms in total. The summed E-state index contributed by atoms with van der Waals surface area (Å²) in [5.74, 6) is 0.117. The molecule has 0 aromatic heterocycles. The summed E-state index contributed by atoms with van der Waals surface area (Å²) in [6.07, 6.45) is 0. The summed E-state index contributed by atoms with van der Waals surface area (Å²) in [4.78, 5) is 25.3. The van der Waals surface area contributed by atoms with E-state index in [9.17, 15) is 14.9 Å². The maximum absolute atomic E-state index is 12.4. The smallest absolute Gasteiger partial charge is 0.269 e. The molecule has 0 radical (unpaired) electrons. The predicted octanol–water partition coefficient (Wildman–Crippen LogP) is 1.90. The number of carbonyl (C=O) groups is 1. The van der Waals surface area contributed by atoms with Crippen molar-refractivity contribution in [1.82, 2.24) is 10.2 Å². The van der Waals surface area contributed by atoms with Crippen molar-refractivity contribution in [2.75, 3.05) is 19.6 Å². The highest BCUT2D eigenvalue weighted by Gasteiger charge is 2.25. The van der Waals surface area contributed by atoms with Gasteiger partial charge in [0.25, 0.3) is 5.69 Å². The summed E-state index contributed by atoms with van der Waals surface area (Å²) in [6, 6.07) is 6.62. The first-order chi connectivity index (χ1) is 9.97. The van der Waals surface area contributed by atoms with Gasteiger partial charge in [-0.2, -0.15) is 0 Å². The summed E-state index contributed by atoms with van der Waals surface area (Å²) < 4.78 is 0. The van der Waals surface area contributed by atoms with E-state index in [1.165, 1.54) is 23.9 Å². The number of rotatable bonds is 4. The molecule has 0 saturated carbocycles. The van der Waals surface area contributed by atoms with Gasteiger partial charge < -0.3 is 10.2 Å². The second-order valence-corrected chi connectivity index (χ2v) is 6.56. The van der Waals surface area contributed by atoms with Crippen LogP contribution in [0.1, 0.15) is 13.8 Å². The molecule has 21 heavy (non-hydrogen) atoms. The Morgan fingerprint density at radius 3 is 2.71 bits per heavy atom. The van der Waals surface area contributed by atoms with Crippen molar-refractivity contribution in [1.29, 1.82) is 0 Å². The Kier molecular flexibility index (Phi) is 5.19. The monoisotopic (exact) mass is 309 g/mol. The Labute approximate surface area is 128 Å². The molecule has 1 aromatic carbocycles. The SMILES string of the molecule is CC1CN(C(=O)C(C)Sc2ccc([N+](=O)[O-])cc2)CCN1. The fraction of sp³-hybridized carbons (Fsp3) is 0.500. The number of hydrogen-bond acceptors (Lipinski definition) is 5. The number of nitrogens with one attached hydrogen (secondary N) is 1. The van der Waals surface area contributed by atoms with Crippen LogP contribution in [-0.2, 0) is 4.79 Å². The van der Waals surface area contributed by atoms with Gasteiger partial charge in [0.15, 0.2) is 0 Å². The van der Waals surface area contributed by atoms with E-state index in [1.54, 1.807) is 12.1 Å². The third kappa shape index (κ3) is 4.18. The zero-order chi connectivity index (χ0) is 15.4. The molecular weight excluding hydrogens is 290 g/mol. The highest BCUT2D eigenvalue weighted by Crippen LogP contribution is 2.26. The van der Waals surface area contributed by atoms with Crippen LogP contribution in [0.2, 0.25) is 0 Å². The summed E-state index contributed by atoms with van der Waals surface area (Å²) in [5.41, 5.74) is 0.0641. The van der Waals surface area contributed by atoms with Crippen LogP contribution in [0.5, 0.6) is 0 Å². The number of nitrogens with zero attached hydrogens (tertiary/aromatic N) is 2. The van der Waals surface area contributed by atoms with E-state index in [4.69, 9.17) is 0 Å². The largest absolute Gasteiger partial charge is 0.339 e. The minimum atomic E-state index is -0.425. The number of nitro groups is 1. The van der Waals surface area contributed by atoms with Crippen LogP contribution in [0, 0.1) is 10.1 Å². The Balaban J connectivity index is 1.95. The van der Waals surface area contributed by atoms with E-state index in [0.29, 0.717) is 6.04 Å². The van der Waals surface area contributed by atoms with Crippen molar-refractivity contribution in [2.45, 2.75) is 30.0 Å². The lowest BCUT2D eigenvalue weighted by atomic mass is 10.2. The zero-order valence-electron chi connectivity index (χ0n) is 12.1. The number of amides is 1. The fourth-order valence-corrected chi connectivity index (χ4v) is 3.24. The van der Waals surface area contributed by atoms with Gasteiger partial charge in [-0.05, 0) is 26.0 Å². The second-order valence-electron chi connectivity index (χ2n) is 5.15. The van der Waals surface area contributed by atoms with Crippen LogP contribution < -0.4 is 5.32 Å². The molecule has 1 fully saturated rings. The molecule has 2 rings (SSSR count). The molecule has 1 aliphatic rings. The van der Waals surface area contributed by atoms with Crippen LogP contribution in [-0.4, -0.2) is 46.7 Å². The van der Waals surface area contributed by atoms with E-state index in [-0.39, 0.29) is 16.8 Å². The number of thioether (sulfide) groups is 1. The Bertz CT molecular complexity index is 521. The van der Waals surface area contributed by atoms with Gasteiger partial charge in [0.2, 0.25) is 5.91 Å². The molecule has 0 spiro atoms. The number of piperazine rings is 1. The summed E-state index contributed by atoms with van der Waals surface area (Å²) in [6.45, 7) is 6.22. The zero-order valence-corrected chi connectivity index (χ0v) is 12.9. The normalized spacial score (nSPS) is 20.1. The van der Waals surface area contributed by atoms with Crippen LogP contribution in [0.4, 0.5) is 5.69 Å². The molecule has 1 heterocycles. The van der Waals surface area contributed by atoms with Crippen LogP contribution in [0.3, 0.4) is 0 Å². The van der Waals surface area contributed by atoms with Gasteiger partial charge >= 0.3 is 0 Å². The van der Waals surface area contributed by atoms with Crippen LogP contribution in [0.25, 0.3) is 0 Å². The molecular formula is C14H19N3O3S. The minimum absolute atomic E-state index is 0.0641. The van der Waals surface area contributed by atoms with Gasteiger partial charge in [0.1, 0.15) is 0 Å². The summed E-state index contributed by atoms with van der Waals surface area (Å²) >= 11 is 1.43. The van der Waals surface area contributed by atoms with E-state index in [2.05, 4.69) is 12.2 Å². The minimum Gasteiger partial charge on any atom is -0.339 e. The average Bonchev–Trinajstić information content (AvgIpc) is 2.47. The van der Waals surface area contributed by atoms with E-state index in [1.807, 2.05) is 11.8 Å². The maximum atomic E-state index is 12.4. The lowest BCUT2D eigenvalue weighted by molar-refractivity contribution is -0.384. The molecule has 2 unspecified atom stereocenters. The topological polar surface area (TPSA) is 75.5 Å². The van der Waals surface area contributed by atoms with Crippen molar-refractivity contribution < 1.29 is 9.72 Å². The van der Waals surface area contributed by atoms with E-state index < -0.39 is 4.92 Å². The van der Waals surface area contributed by atoms with Gasteiger partial charge in [-0.25, -0.2) is 0 Å². The van der Waals surface area contributed by atoms with Gasteiger partial charge in [-0.3, -0.25) is 14.9 Å². The Morgan fingerprint density at radius 2 is 2.14 bits per heavy atom. The van der Waals surface area contributed by atoms with Crippen molar-refractivity contribution >= 4 is 23.4 Å². The summed E-state index contributed by atoms with van der Waals surface area (Å²) in [7, 11) is 0. The predicted molar refractivity (Wildman–Crippen MR) is 82.5 cm³/mol. The van der Waals surface area contributed by atoms with Crippen molar-refractivity contribution in [3.63, 3.8) is 0 Å². The quantitative estimate of drug-likeness (QED) is 0.522.